The van der Waals surface area contributed by atoms with Gasteiger partial charge in [-0.2, -0.15) is 5.26 Å². The van der Waals surface area contributed by atoms with Gasteiger partial charge in [0, 0.05) is 16.7 Å². The number of nitrogens with one attached hydrogen (secondary N) is 1. The molecule has 3 heteroatoms. The molecule has 1 aromatic carbocycles. The average molecular weight is 307 g/mol. The highest BCUT2D eigenvalue weighted by atomic mass is 79.9. The van der Waals surface area contributed by atoms with Crippen molar-refractivity contribution < 1.29 is 0 Å². The highest BCUT2D eigenvalue weighted by Crippen LogP contribution is 2.30. The van der Waals surface area contributed by atoms with Gasteiger partial charge in [0.05, 0.1) is 5.56 Å². The molecular formula is C15H19BrN2. The second-order valence-corrected chi connectivity index (χ2v) is 6.06. The van der Waals surface area contributed by atoms with Crippen molar-refractivity contribution in [1.29, 1.82) is 5.26 Å². The van der Waals surface area contributed by atoms with E-state index in [2.05, 4.69) is 34.2 Å². The van der Waals surface area contributed by atoms with Crippen LogP contribution in [-0.4, -0.2) is 6.54 Å². The van der Waals surface area contributed by atoms with Crippen LogP contribution in [0.1, 0.15) is 38.2 Å². The van der Waals surface area contributed by atoms with Crippen LogP contribution in [0, 0.1) is 23.2 Å². The lowest BCUT2D eigenvalue weighted by atomic mass is 9.80. The van der Waals surface area contributed by atoms with E-state index >= 15 is 0 Å². The Bertz CT molecular complexity index is 450. The van der Waals surface area contributed by atoms with E-state index in [1.165, 1.54) is 25.7 Å². The number of benzene rings is 1. The number of hydrogen-bond donors (Lipinski definition) is 1. The van der Waals surface area contributed by atoms with Gasteiger partial charge < -0.3 is 5.32 Å². The summed E-state index contributed by atoms with van der Waals surface area (Å²) < 4.78 is 0.867. The van der Waals surface area contributed by atoms with Gasteiger partial charge in [-0.3, -0.25) is 0 Å². The maximum Gasteiger partial charge on any atom is 0.100 e. The van der Waals surface area contributed by atoms with E-state index in [1.54, 1.807) is 0 Å². The molecular weight excluding hydrogens is 288 g/mol. The van der Waals surface area contributed by atoms with Gasteiger partial charge in [0.25, 0.3) is 0 Å². The zero-order chi connectivity index (χ0) is 13.0. The molecule has 2 rings (SSSR count). The van der Waals surface area contributed by atoms with E-state index in [0.29, 0.717) is 5.56 Å². The average Bonchev–Trinajstić information content (AvgIpc) is 2.38. The summed E-state index contributed by atoms with van der Waals surface area (Å²) >= 11 is 3.42. The maximum absolute atomic E-state index is 8.88. The quantitative estimate of drug-likeness (QED) is 0.888. The molecule has 1 aliphatic rings. The van der Waals surface area contributed by atoms with Gasteiger partial charge in [-0.05, 0) is 52.4 Å². The van der Waals surface area contributed by atoms with Crippen molar-refractivity contribution in [2.75, 3.05) is 11.9 Å². The number of nitriles is 1. The molecule has 0 heterocycles. The van der Waals surface area contributed by atoms with E-state index in [0.717, 1.165) is 28.5 Å². The standard InChI is InChI=1S/C15H19BrN2/c1-11-4-2-3-5-13(11)10-18-14-7-6-12(9-17)15(16)8-14/h6-8,11,13,18H,2-5,10H2,1H3. The maximum atomic E-state index is 8.88. The normalized spacial score (nSPS) is 23.4. The largest absolute Gasteiger partial charge is 0.385 e. The molecule has 2 nitrogen and oxygen atoms in total. The zero-order valence-corrected chi connectivity index (χ0v) is 12.3. The summed E-state index contributed by atoms with van der Waals surface area (Å²) in [4.78, 5) is 0. The molecule has 1 aliphatic carbocycles. The lowest BCUT2D eigenvalue weighted by molar-refractivity contribution is 0.268. The molecule has 0 bridgehead atoms. The molecule has 1 fully saturated rings. The Morgan fingerprint density at radius 2 is 2.17 bits per heavy atom. The predicted molar refractivity (Wildman–Crippen MR) is 78.5 cm³/mol. The molecule has 1 N–H and O–H groups in total. The summed E-state index contributed by atoms with van der Waals surface area (Å²) in [6.45, 7) is 3.40. The van der Waals surface area contributed by atoms with E-state index < -0.39 is 0 Å². The number of halogens is 1. The first kappa shape index (κ1) is 13.4. The van der Waals surface area contributed by atoms with Crippen LogP contribution in [0.3, 0.4) is 0 Å². The Labute approximate surface area is 118 Å². The lowest BCUT2D eigenvalue weighted by Gasteiger charge is -2.29. The molecule has 0 saturated heterocycles. The molecule has 0 spiro atoms. The van der Waals surface area contributed by atoms with E-state index in [4.69, 9.17) is 5.26 Å². The van der Waals surface area contributed by atoms with Gasteiger partial charge in [-0.25, -0.2) is 0 Å². The van der Waals surface area contributed by atoms with Crippen molar-refractivity contribution in [1.82, 2.24) is 0 Å². The van der Waals surface area contributed by atoms with Gasteiger partial charge in [-0.15, -0.1) is 0 Å². The summed E-state index contributed by atoms with van der Waals surface area (Å²) in [7, 11) is 0. The fourth-order valence-electron chi connectivity index (χ4n) is 2.66. The Kier molecular flexibility index (Phi) is 4.66. The van der Waals surface area contributed by atoms with Crippen molar-refractivity contribution in [2.24, 2.45) is 11.8 Å². The minimum atomic E-state index is 0.687. The first-order chi connectivity index (χ1) is 8.70. The van der Waals surface area contributed by atoms with Crippen LogP contribution >= 0.6 is 15.9 Å². The fraction of sp³-hybridized carbons (Fsp3) is 0.533. The molecule has 18 heavy (non-hydrogen) atoms. The highest BCUT2D eigenvalue weighted by molar-refractivity contribution is 9.10. The SMILES string of the molecule is CC1CCCCC1CNc1ccc(C#N)c(Br)c1. The van der Waals surface area contributed by atoms with Crippen molar-refractivity contribution >= 4 is 21.6 Å². The van der Waals surface area contributed by atoms with Crippen LogP contribution in [-0.2, 0) is 0 Å². The highest BCUT2D eigenvalue weighted by Gasteiger charge is 2.20. The van der Waals surface area contributed by atoms with E-state index in [-0.39, 0.29) is 0 Å². The van der Waals surface area contributed by atoms with Crippen molar-refractivity contribution in [2.45, 2.75) is 32.6 Å². The first-order valence-corrected chi connectivity index (χ1v) is 7.43. The van der Waals surface area contributed by atoms with Crippen LogP contribution in [0.25, 0.3) is 0 Å². The number of nitrogens with zero attached hydrogens (tertiary/aromatic N) is 1. The summed E-state index contributed by atoms with van der Waals surface area (Å²) in [6, 6.07) is 7.99. The van der Waals surface area contributed by atoms with Gasteiger partial charge >= 0.3 is 0 Å². The first-order valence-electron chi connectivity index (χ1n) is 6.64. The smallest absolute Gasteiger partial charge is 0.100 e. The predicted octanol–water partition coefficient (Wildman–Crippen LogP) is 4.56. The summed E-state index contributed by atoms with van der Waals surface area (Å²) in [5, 5.41) is 12.4. The van der Waals surface area contributed by atoms with Crippen LogP contribution in [0.4, 0.5) is 5.69 Å². The third-order valence-electron chi connectivity index (χ3n) is 3.95. The molecule has 0 radical (unpaired) electrons. The Morgan fingerprint density at radius 1 is 1.39 bits per heavy atom. The molecule has 0 amide bonds. The molecule has 0 aromatic heterocycles. The summed E-state index contributed by atoms with van der Waals surface area (Å²) in [5.41, 5.74) is 1.78. The van der Waals surface area contributed by atoms with Crippen molar-refractivity contribution in [3.63, 3.8) is 0 Å². The number of anilines is 1. The van der Waals surface area contributed by atoms with Crippen molar-refractivity contribution in [3.05, 3.63) is 28.2 Å². The molecule has 1 saturated carbocycles. The summed E-state index contributed by atoms with van der Waals surface area (Å²) in [6.07, 6.45) is 5.46. The topological polar surface area (TPSA) is 35.8 Å². The second-order valence-electron chi connectivity index (χ2n) is 5.21. The summed E-state index contributed by atoms with van der Waals surface area (Å²) in [5.74, 6) is 1.61. The molecule has 96 valence electrons. The van der Waals surface area contributed by atoms with Gasteiger partial charge in [-0.1, -0.05) is 26.2 Å². The molecule has 1 aromatic rings. The Morgan fingerprint density at radius 3 is 2.83 bits per heavy atom. The van der Waals surface area contributed by atoms with Gasteiger partial charge in [0.15, 0.2) is 0 Å². The number of rotatable bonds is 3. The van der Waals surface area contributed by atoms with E-state index in [1.807, 2.05) is 18.2 Å². The third kappa shape index (κ3) is 3.26. The fourth-order valence-corrected chi connectivity index (χ4v) is 3.13. The minimum absolute atomic E-state index is 0.687. The third-order valence-corrected chi connectivity index (χ3v) is 4.60. The van der Waals surface area contributed by atoms with Crippen LogP contribution in [0.15, 0.2) is 22.7 Å². The molecule has 2 atom stereocenters. The molecule has 0 aliphatic heterocycles. The van der Waals surface area contributed by atoms with Crippen LogP contribution in [0.5, 0.6) is 0 Å². The number of hydrogen-bond acceptors (Lipinski definition) is 2. The van der Waals surface area contributed by atoms with Crippen LogP contribution < -0.4 is 5.32 Å². The van der Waals surface area contributed by atoms with Crippen LogP contribution in [0.2, 0.25) is 0 Å². The minimum Gasteiger partial charge on any atom is -0.385 e. The Hall–Kier alpha value is -1.01. The zero-order valence-electron chi connectivity index (χ0n) is 10.7. The van der Waals surface area contributed by atoms with Crippen molar-refractivity contribution in [3.8, 4) is 6.07 Å². The lowest BCUT2D eigenvalue weighted by Crippen LogP contribution is -2.24. The van der Waals surface area contributed by atoms with Gasteiger partial charge in [0.1, 0.15) is 6.07 Å². The molecule has 2 unspecified atom stereocenters. The second kappa shape index (κ2) is 6.24. The monoisotopic (exact) mass is 306 g/mol. The van der Waals surface area contributed by atoms with E-state index in [9.17, 15) is 0 Å². The van der Waals surface area contributed by atoms with Gasteiger partial charge in [0.2, 0.25) is 0 Å². The Balaban J connectivity index is 1.94.